The summed E-state index contributed by atoms with van der Waals surface area (Å²) in [4.78, 5) is 2.46. The molecule has 2 fully saturated rings. The maximum atomic E-state index is 11.5. The van der Waals surface area contributed by atoms with Gasteiger partial charge in [-0.05, 0) is 52.6 Å². The number of rotatable bonds is 3. The van der Waals surface area contributed by atoms with Gasteiger partial charge in [-0.3, -0.25) is 0 Å². The molecule has 1 saturated heterocycles. The molecule has 0 amide bonds. The van der Waals surface area contributed by atoms with Crippen molar-refractivity contribution >= 4 is 9.84 Å². The molecule has 1 N–H and O–H groups in total. The van der Waals surface area contributed by atoms with Crippen molar-refractivity contribution in [2.45, 2.75) is 56.7 Å². The van der Waals surface area contributed by atoms with E-state index in [1.165, 1.54) is 25.7 Å². The van der Waals surface area contributed by atoms with Crippen molar-refractivity contribution in [3.8, 4) is 0 Å². The van der Waals surface area contributed by atoms with Crippen LogP contribution in [0.15, 0.2) is 0 Å². The van der Waals surface area contributed by atoms with E-state index in [4.69, 9.17) is 0 Å². The lowest BCUT2D eigenvalue weighted by atomic mass is 9.89. The first-order valence-electron chi connectivity index (χ1n) is 7.11. The summed E-state index contributed by atoms with van der Waals surface area (Å²) in [6.07, 6.45) is 6.62. The molecule has 1 aliphatic heterocycles. The molecule has 0 unspecified atom stereocenters. The van der Waals surface area contributed by atoms with Gasteiger partial charge in [0.2, 0.25) is 0 Å². The van der Waals surface area contributed by atoms with Crippen LogP contribution in [-0.4, -0.2) is 57.0 Å². The van der Waals surface area contributed by atoms with Crippen molar-refractivity contribution in [2.75, 3.05) is 25.6 Å². The Morgan fingerprint density at radius 1 is 0.944 bits per heavy atom. The highest BCUT2D eigenvalue weighted by molar-refractivity contribution is 7.91. The maximum Gasteiger partial charge on any atom is 0.150 e. The second-order valence-electron chi connectivity index (χ2n) is 5.84. The number of nitrogens with zero attached hydrogens (tertiary/aromatic N) is 1. The first-order chi connectivity index (χ1) is 8.52. The van der Waals surface area contributed by atoms with Crippen LogP contribution in [0, 0.1) is 0 Å². The zero-order valence-electron chi connectivity index (χ0n) is 11.6. The van der Waals surface area contributed by atoms with Crippen LogP contribution in [0.25, 0.3) is 0 Å². The predicted octanol–water partition coefficient (Wildman–Crippen LogP) is 1.03. The molecule has 5 heteroatoms. The average Bonchev–Trinajstić information content (AvgIpc) is 2.38. The van der Waals surface area contributed by atoms with Gasteiger partial charge in [0.25, 0.3) is 0 Å². The van der Waals surface area contributed by atoms with Gasteiger partial charge in [-0.25, -0.2) is 8.42 Å². The molecule has 0 bridgehead atoms. The molecular weight excluding hydrogens is 248 g/mol. The minimum Gasteiger partial charge on any atom is -0.317 e. The smallest absolute Gasteiger partial charge is 0.150 e. The molecular formula is C13H26N2O2S. The van der Waals surface area contributed by atoms with Crippen LogP contribution in [-0.2, 0) is 9.84 Å². The Kier molecular flexibility index (Phi) is 4.67. The Bertz CT molecular complexity index is 347. The molecule has 0 atom stereocenters. The predicted molar refractivity (Wildman–Crippen MR) is 74.5 cm³/mol. The molecule has 0 aromatic heterocycles. The first-order valence-corrected chi connectivity index (χ1v) is 8.93. The van der Waals surface area contributed by atoms with E-state index >= 15 is 0 Å². The Balaban J connectivity index is 1.83. The summed E-state index contributed by atoms with van der Waals surface area (Å²) in [7, 11) is 1.50. The topological polar surface area (TPSA) is 49.4 Å². The van der Waals surface area contributed by atoms with Gasteiger partial charge in [0, 0.05) is 18.1 Å². The lowest BCUT2D eigenvalue weighted by molar-refractivity contribution is 0.120. The van der Waals surface area contributed by atoms with Crippen molar-refractivity contribution in [3.63, 3.8) is 0 Å². The summed E-state index contributed by atoms with van der Waals surface area (Å²) in [5.41, 5.74) is 0. The maximum absolute atomic E-state index is 11.5. The van der Waals surface area contributed by atoms with Crippen LogP contribution in [0.2, 0.25) is 0 Å². The second kappa shape index (κ2) is 5.88. The zero-order valence-corrected chi connectivity index (χ0v) is 12.4. The molecule has 1 aliphatic carbocycles. The Labute approximate surface area is 111 Å². The van der Waals surface area contributed by atoms with E-state index in [-0.39, 0.29) is 0 Å². The van der Waals surface area contributed by atoms with E-state index in [2.05, 4.69) is 17.3 Å². The summed E-state index contributed by atoms with van der Waals surface area (Å²) in [6, 6.07) is 1.81. The standard InChI is InChI=1S/C13H26N2O2S/c1-14-11-3-5-12(6-4-11)15(2)13-7-9-18(16,17)10-8-13/h11-14H,3-10H2,1-2H3. The van der Waals surface area contributed by atoms with E-state index in [0.29, 0.717) is 29.6 Å². The molecule has 2 rings (SSSR count). The fraction of sp³-hybridized carbons (Fsp3) is 1.00. The van der Waals surface area contributed by atoms with Gasteiger partial charge in [-0.2, -0.15) is 0 Å². The Hall–Kier alpha value is -0.130. The molecule has 0 aromatic rings. The van der Waals surface area contributed by atoms with Crippen LogP contribution in [0.3, 0.4) is 0 Å². The first kappa shape index (κ1) is 14.3. The van der Waals surface area contributed by atoms with Gasteiger partial charge >= 0.3 is 0 Å². The van der Waals surface area contributed by atoms with Gasteiger partial charge in [-0.1, -0.05) is 0 Å². The normalized spacial score (nSPS) is 33.7. The molecule has 0 spiro atoms. The third-order valence-electron chi connectivity index (χ3n) is 4.78. The quantitative estimate of drug-likeness (QED) is 0.835. The lowest BCUT2D eigenvalue weighted by Gasteiger charge is -2.40. The van der Waals surface area contributed by atoms with Crippen molar-refractivity contribution < 1.29 is 8.42 Å². The van der Waals surface area contributed by atoms with Crippen molar-refractivity contribution in [1.29, 1.82) is 0 Å². The van der Waals surface area contributed by atoms with Crippen molar-refractivity contribution in [2.24, 2.45) is 0 Å². The van der Waals surface area contributed by atoms with E-state index in [1.54, 1.807) is 0 Å². The van der Waals surface area contributed by atoms with Crippen LogP contribution in [0.4, 0.5) is 0 Å². The lowest BCUT2D eigenvalue weighted by Crippen LogP contribution is -2.47. The second-order valence-corrected chi connectivity index (χ2v) is 8.15. The molecule has 18 heavy (non-hydrogen) atoms. The average molecular weight is 274 g/mol. The van der Waals surface area contributed by atoms with Crippen molar-refractivity contribution in [3.05, 3.63) is 0 Å². The van der Waals surface area contributed by atoms with Gasteiger partial charge < -0.3 is 10.2 Å². The third-order valence-corrected chi connectivity index (χ3v) is 6.50. The van der Waals surface area contributed by atoms with Gasteiger partial charge in [0.1, 0.15) is 9.84 Å². The highest BCUT2D eigenvalue weighted by Crippen LogP contribution is 2.27. The van der Waals surface area contributed by atoms with Crippen LogP contribution in [0.5, 0.6) is 0 Å². The molecule has 0 radical (unpaired) electrons. The number of sulfone groups is 1. The summed E-state index contributed by atoms with van der Waals surface area (Å²) >= 11 is 0. The Morgan fingerprint density at radius 2 is 1.44 bits per heavy atom. The van der Waals surface area contributed by atoms with E-state index < -0.39 is 9.84 Å². The Morgan fingerprint density at radius 3 is 1.94 bits per heavy atom. The molecule has 0 aromatic carbocycles. The summed E-state index contributed by atoms with van der Waals surface area (Å²) < 4.78 is 22.9. The zero-order chi connectivity index (χ0) is 13.2. The molecule has 2 aliphatic rings. The highest BCUT2D eigenvalue weighted by Gasteiger charge is 2.31. The highest BCUT2D eigenvalue weighted by atomic mass is 32.2. The molecule has 1 heterocycles. The van der Waals surface area contributed by atoms with Gasteiger partial charge in [0.05, 0.1) is 11.5 Å². The molecule has 106 valence electrons. The minimum atomic E-state index is -2.73. The van der Waals surface area contributed by atoms with Crippen molar-refractivity contribution in [1.82, 2.24) is 10.2 Å². The van der Waals surface area contributed by atoms with Crippen LogP contribution < -0.4 is 5.32 Å². The van der Waals surface area contributed by atoms with Gasteiger partial charge in [0.15, 0.2) is 0 Å². The van der Waals surface area contributed by atoms with E-state index in [0.717, 1.165) is 12.8 Å². The third kappa shape index (κ3) is 3.45. The van der Waals surface area contributed by atoms with E-state index in [1.807, 2.05) is 7.05 Å². The fourth-order valence-corrected chi connectivity index (χ4v) is 4.82. The largest absolute Gasteiger partial charge is 0.317 e. The van der Waals surface area contributed by atoms with Gasteiger partial charge in [-0.15, -0.1) is 0 Å². The van der Waals surface area contributed by atoms with Crippen LogP contribution >= 0.6 is 0 Å². The number of hydrogen-bond donors (Lipinski definition) is 1. The fourth-order valence-electron chi connectivity index (χ4n) is 3.35. The van der Waals surface area contributed by atoms with E-state index in [9.17, 15) is 8.42 Å². The SMILES string of the molecule is CNC1CCC(N(C)C2CCS(=O)(=O)CC2)CC1. The summed E-state index contributed by atoms with van der Waals surface area (Å²) in [5.74, 6) is 0.766. The number of nitrogens with one attached hydrogen (secondary N) is 1. The monoisotopic (exact) mass is 274 g/mol. The molecule has 1 saturated carbocycles. The minimum absolute atomic E-state index is 0.383. The molecule has 4 nitrogen and oxygen atoms in total. The summed E-state index contributed by atoms with van der Waals surface area (Å²) in [5, 5.41) is 3.36. The number of hydrogen-bond acceptors (Lipinski definition) is 4. The van der Waals surface area contributed by atoms with Crippen LogP contribution in [0.1, 0.15) is 38.5 Å². The summed E-state index contributed by atoms with van der Waals surface area (Å²) in [6.45, 7) is 0.